The molecular formula is C13H15BrN4O3S2. The van der Waals surface area contributed by atoms with Gasteiger partial charge >= 0.3 is 0 Å². The molecule has 7 nitrogen and oxygen atoms in total. The Labute approximate surface area is 146 Å². The van der Waals surface area contributed by atoms with Crippen LogP contribution in [-0.2, 0) is 10.0 Å². The van der Waals surface area contributed by atoms with Crippen LogP contribution < -0.4 is 5.73 Å². The van der Waals surface area contributed by atoms with Gasteiger partial charge in [0, 0.05) is 24.7 Å². The summed E-state index contributed by atoms with van der Waals surface area (Å²) in [7, 11) is -3.43. The molecule has 1 amide bonds. The molecule has 2 aromatic rings. The number of H-pyrrole nitrogens is 1. The second kappa shape index (κ2) is 6.34. The number of carbonyl (C=O) groups excluding carboxylic acids is 1. The fourth-order valence-electron chi connectivity index (χ4n) is 2.64. The van der Waals surface area contributed by atoms with Crippen molar-refractivity contribution in [2.24, 2.45) is 5.73 Å². The predicted molar refractivity (Wildman–Crippen MR) is 89.9 cm³/mol. The Hall–Kier alpha value is -1.23. The Kier molecular flexibility index (Phi) is 4.59. The Morgan fingerprint density at radius 1 is 1.39 bits per heavy atom. The minimum atomic E-state index is -3.43. The summed E-state index contributed by atoms with van der Waals surface area (Å²) in [4.78, 5) is 11.1. The van der Waals surface area contributed by atoms with Crippen molar-refractivity contribution in [3.05, 3.63) is 33.4 Å². The van der Waals surface area contributed by atoms with E-state index >= 15 is 0 Å². The van der Waals surface area contributed by atoms with Crippen molar-refractivity contribution >= 4 is 43.2 Å². The molecule has 0 unspecified atom stereocenters. The van der Waals surface area contributed by atoms with E-state index in [1.165, 1.54) is 15.6 Å². The topological polar surface area (TPSA) is 109 Å². The van der Waals surface area contributed by atoms with Gasteiger partial charge in [-0.2, -0.15) is 9.40 Å². The number of primary amides is 1. The predicted octanol–water partition coefficient (Wildman–Crippen LogP) is 1.90. The number of hydrogen-bond donors (Lipinski definition) is 2. The molecule has 1 fully saturated rings. The first-order valence-electron chi connectivity index (χ1n) is 6.98. The lowest BCUT2D eigenvalue weighted by molar-refractivity contribution is 0.0995. The van der Waals surface area contributed by atoms with Crippen LogP contribution in [0.25, 0.3) is 0 Å². The zero-order chi connectivity index (χ0) is 16.6. The summed E-state index contributed by atoms with van der Waals surface area (Å²) in [5.74, 6) is -0.423. The van der Waals surface area contributed by atoms with Gasteiger partial charge in [-0.05, 0) is 47.0 Å². The quantitative estimate of drug-likeness (QED) is 0.789. The van der Waals surface area contributed by atoms with Crippen molar-refractivity contribution in [2.75, 3.05) is 13.1 Å². The highest BCUT2D eigenvalue weighted by Gasteiger charge is 2.31. The number of hydrogen-bond acceptors (Lipinski definition) is 5. The second-order valence-corrected chi connectivity index (χ2v) is 9.94. The summed E-state index contributed by atoms with van der Waals surface area (Å²) in [6.07, 6.45) is 1.35. The first kappa shape index (κ1) is 16.6. The lowest BCUT2D eigenvalue weighted by Crippen LogP contribution is -2.37. The molecule has 0 saturated carbocycles. The number of halogens is 1. The van der Waals surface area contributed by atoms with Crippen LogP contribution >= 0.6 is 27.3 Å². The van der Waals surface area contributed by atoms with Gasteiger partial charge in [-0.3, -0.25) is 9.89 Å². The number of thiophene rings is 1. The van der Waals surface area contributed by atoms with E-state index in [4.69, 9.17) is 5.73 Å². The van der Waals surface area contributed by atoms with E-state index in [0.717, 1.165) is 9.48 Å². The minimum absolute atomic E-state index is 0.150. The fraction of sp³-hybridized carbons (Fsp3) is 0.385. The molecule has 3 N–H and O–H groups in total. The van der Waals surface area contributed by atoms with Crippen molar-refractivity contribution in [3.63, 3.8) is 0 Å². The van der Waals surface area contributed by atoms with Crippen LogP contribution in [0.4, 0.5) is 0 Å². The average molecular weight is 419 g/mol. The molecule has 0 bridgehead atoms. The SMILES string of the molecule is NC(=O)c1cc(C2CCN(S(=O)(=O)c3ccc(Br)s3)CC2)[nH]n1. The number of nitrogens with one attached hydrogen (secondary N) is 1. The van der Waals surface area contributed by atoms with Crippen LogP contribution in [0.2, 0.25) is 0 Å². The molecule has 1 saturated heterocycles. The van der Waals surface area contributed by atoms with Gasteiger partial charge in [-0.1, -0.05) is 0 Å². The maximum Gasteiger partial charge on any atom is 0.269 e. The normalized spacial score (nSPS) is 17.4. The van der Waals surface area contributed by atoms with Crippen molar-refractivity contribution in [2.45, 2.75) is 23.0 Å². The maximum atomic E-state index is 12.6. The van der Waals surface area contributed by atoms with Crippen LogP contribution in [0.1, 0.15) is 34.9 Å². The second-order valence-electron chi connectivity index (χ2n) is 5.31. The van der Waals surface area contributed by atoms with E-state index in [2.05, 4.69) is 26.1 Å². The first-order chi connectivity index (χ1) is 10.9. The highest BCUT2D eigenvalue weighted by atomic mass is 79.9. The van der Waals surface area contributed by atoms with Gasteiger partial charge in [0.15, 0.2) is 0 Å². The molecule has 0 radical (unpaired) electrons. The fourth-order valence-corrected chi connectivity index (χ4v) is 6.28. The number of rotatable bonds is 4. The molecule has 1 aliphatic rings. The van der Waals surface area contributed by atoms with Crippen LogP contribution in [0, 0.1) is 0 Å². The van der Waals surface area contributed by atoms with E-state index < -0.39 is 15.9 Å². The molecule has 0 atom stereocenters. The molecule has 10 heteroatoms. The van der Waals surface area contributed by atoms with Crippen LogP contribution in [0.15, 0.2) is 26.2 Å². The number of aromatic nitrogens is 2. The summed E-state index contributed by atoms with van der Waals surface area (Å²) in [6, 6.07) is 5.00. The van der Waals surface area contributed by atoms with Crippen LogP contribution in [0.5, 0.6) is 0 Å². The molecule has 0 aromatic carbocycles. The summed E-state index contributed by atoms with van der Waals surface area (Å²) in [6.45, 7) is 0.876. The standard InChI is InChI=1S/C13H15BrN4O3S2/c14-11-1-2-12(22-11)23(20,21)18-5-3-8(4-6-18)9-7-10(13(15)19)17-16-9/h1-2,7-8H,3-6H2,(H2,15,19)(H,16,17). The van der Waals surface area contributed by atoms with Gasteiger partial charge in [0.25, 0.3) is 15.9 Å². The number of nitrogens with two attached hydrogens (primary N) is 1. The highest BCUT2D eigenvalue weighted by Crippen LogP contribution is 2.33. The molecular weight excluding hydrogens is 404 g/mol. The molecule has 23 heavy (non-hydrogen) atoms. The van der Waals surface area contributed by atoms with Crippen molar-refractivity contribution in [1.29, 1.82) is 0 Å². The number of amides is 1. The Balaban J connectivity index is 1.69. The lowest BCUT2D eigenvalue weighted by atomic mass is 9.94. The highest BCUT2D eigenvalue weighted by molar-refractivity contribution is 9.11. The minimum Gasteiger partial charge on any atom is -0.364 e. The number of carbonyl (C=O) groups is 1. The van der Waals surface area contributed by atoms with E-state index in [1.54, 1.807) is 18.2 Å². The number of piperidine rings is 1. The number of nitrogens with zero attached hydrogens (tertiary/aromatic N) is 2. The average Bonchev–Trinajstić information content (AvgIpc) is 3.16. The van der Waals surface area contributed by atoms with Gasteiger partial charge in [-0.15, -0.1) is 11.3 Å². The Bertz CT molecular complexity index is 822. The van der Waals surface area contributed by atoms with Crippen molar-refractivity contribution < 1.29 is 13.2 Å². The Morgan fingerprint density at radius 3 is 2.61 bits per heavy atom. The van der Waals surface area contributed by atoms with E-state index in [0.29, 0.717) is 30.1 Å². The molecule has 3 heterocycles. The monoisotopic (exact) mass is 418 g/mol. The third kappa shape index (κ3) is 3.35. The summed E-state index contributed by atoms with van der Waals surface area (Å²) >= 11 is 4.50. The number of aromatic amines is 1. The summed E-state index contributed by atoms with van der Waals surface area (Å²) in [5.41, 5.74) is 6.23. The van der Waals surface area contributed by atoms with Crippen LogP contribution in [0.3, 0.4) is 0 Å². The van der Waals surface area contributed by atoms with Gasteiger partial charge in [0.2, 0.25) is 0 Å². The van der Waals surface area contributed by atoms with Gasteiger partial charge in [0.1, 0.15) is 9.90 Å². The molecule has 0 spiro atoms. The van der Waals surface area contributed by atoms with E-state index in [1.807, 2.05) is 0 Å². The van der Waals surface area contributed by atoms with Gasteiger partial charge < -0.3 is 5.73 Å². The third-order valence-corrected chi connectivity index (χ3v) is 7.88. The van der Waals surface area contributed by atoms with E-state index in [-0.39, 0.29) is 11.6 Å². The summed E-state index contributed by atoms with van der Waals surface area (Å²) in [5, 5.41) is 6.70. The molecule has 0 aliphatic carbocycles. The van der Waals surface area contributed by atoms with Crippen LogP contribution in [-0.4, -0.2) is 41.9 Å². The molecule has 3 rings (SSSR count). The van der Waals surface area contributed by atoms with Gasteiger partial charge in [-0.25, -0.2) is 8.42 Å². The smallest absolute Gasteiger partial charge is 0.269 e. The van der Waals surface area contributed by atoms with Gasteiger partial charge in [0.05, 0.1) is 3.79 Å². The molecule has 1 aliphatic heterocycles. The summed E-state index contributed by atoms with van der Waals surface area (Å²) < 4.78 is 27.8. The molecule has 124 valence electrons. The zero-order valence-corrected chi connectivity index (χ0v) is 15.2. The first-order valence-corrected chi connectivity index (χ1v) is 10.0. The van der Waals surface area contributed by atoms with E-state index in [9.17, 15) is 13.2 Å². The Morgan fingerprint density at radius 2 is 2.09 bits per heavy atom. The third-order valence-electron chi connectivity index (χ3n) is 3.89. The molecule has 2 aromatic heterocycles. The largest absolute Gasteiger partial charge is 0.364 e. The zero-order valence-electron chi connectivity index (χ0n) is 12.0. The lowest BCUT2D eigenvalue weighted by Gasteiger charge is -2.30. The van der Waals surface area contributed by atoms with Crippen molar-refractivity contribution in [3.8, 4) is 0 Å². The number of sulfonamides is 1. The maximum absolute atomic E-state index is 12.6. The van der Waals surface area contributed by atoms with Crippen molar-refractivity contribution in [1.82, 2.24) is 14.5 Å².